The summed E-state index contributed by atoms with van der Waals surface area (Å²) in [6.07, 6.45) is 7.05. The molecule has 0 saturated carbocycles. The Balaban J connectivity index is 1.60. The van der Waals surface area contributed by atoms with Gasteiger partial charge < -0.3 is 5.32 Å². The quantitative estimate of drug-likeness (QED) is 0.919. The van der Waals surface area contributed by atoms with E-state index in [0.717, 1.165) is 31.0 Å². The molecule has 1 aliphatic rings. The predicted octanol–water partition coefficient (Wildman–Crippen LogP) is 2.43. The van der Waals surface area contributed by atoms with Crippen LogP contribution in [0.25, 0.3) is 0 Å². The Morgan fingerprint density at radius 1 is 1.33 bits per heavy atom. The number of thiazole rings is 1. The van der Waals surface area contributed by atoms with E-state index in [9.17, 15) is 0 Å². The molecule has 0 aliphatic carbocycles. The summed E-state index contributed by atoms with van der Waals surface area (Å²) < 4.78 is 0. The monoisotopic (exact) mass is 303 g/mol. The second-order valence-electron chi connectivity index (χ2n) is 5.53. The largest absolute Gasteiger partial charge is 0.372 e. The molecule has 21 heavy (non-hydrogen) atoms. The molecule has 2 aromatic heterocycles. The van der Waals surface area contributed by atoms with Crippen LogP contribution in [-0.4, -0.2) is 40.0 Å². The van der Waals surface area contributed by atoms with E-state index in [0.29, 0.717) is 5.92 Å². The lowest BCUT2D eigenvalue weighted by Gasteiger charge is -2.32. The molecular formula is C15H21N5S. The third-order valence-electron chi connectivity index (χ3n) is 3.97. The van der Waals surface area contributed by atoms with Gasteiger partial charge in [-0.2, -0.15) is 0 Å². The normalized spacial score (nSPS) is 19.6. The van der Waals surface area contributed by atoms with Crippen LogP contribution >= 0.6 is 11.3 Å². The fraction of sp³-hybridized carbons (Fsp3) is 0.533. The van der Waals surface area contributed by atoms with Crippen molar-refractivity contribution in [1.29, 1.82) is 0 Å². The molecule has 1 N–H and O–H groups in total. The third kappa shape index (κ3) is 3.77. The molecule has 5 nitrogen and oxygen atoms in total. The number of nitrogens with one attached hydrogen (secondary N) is 1. The molecule has 0 amide bonds. The molecule has 1 saturated heterocycles. The molecule has 0 radical (unpaired) electrons. The van der Waals surface area contributed by atoms with Crippen LogP contribution in [-0.2, 0) is 13.0 Å². The van der Waals surface area contributed by atoms with E-state index < -0.39 is 0 Å². The topological polar surface area (TPSA) is 53.9 Å². The lowest BCUT2D eigenvalue weighted by atomic mass is 9.93. The summed E-state index contributed by atoms with van der Waals surface area (Å²) >= 11 is 1.67. The van der Waals surface area contributed by atoms with Crippen molar-refractivity contribution in [1.82, 2.24) is 19.9 Å². The van der Waals surface area contributed by atoms with Crippen molar-refractivity contribution in [2.75, 3.05) is 25.5 Å². The highest BCUT2D eigenvalue weighted by molar-refractivity contribution is 7.07. The minimum Gasteiger partial charge on any atom is -0.372 e. The molecule has 112 valence electrons. The first-order valence-electron chi connectivity index (χ1n) is 7.42. The summed E-state index contributed by atoms with van der Waals surface area (Å²) in [5, 5.41) is 5.28. The van der Waals surface area contributed by atoms with Gasteiger partial charge in [-0.3, -0.25) is 9.88 Å². The molecule has 1 aliphatic heterocycles. The van der Waals surface area contributed by atoms with Crippen LogP contribution in [0.1, 0.15) is 24.2 Å². The van der Waals surface area contributed by atoms with E-state index in [2.05, 4.69) is 30.5 Å². The number of anilines is 1. The van der Waals surface area contributed by atoms with Gasteiger partial charge in [0.1, 0.15) is 5.82 Å². The van der Waals surface area contributed by atoms with Gasteiger partial charge in [-0.15, -0.1) is 11.3 Å². The van der Waals surface area contributed by atoms with Crippen LogP contribution in [0.2, 0.25) is 0 Å². The van der Waals surface area contributed by atoms with Gasteiger partial charge in [-0.05, 0) is 31.7 Å². The van der Waals surface area contributed by atoms with Crippen molar-refractivity contribution < 1.29 is 0 Å². The number of likely N-dealkylation sites (tertiary alicyclic amines) is 1. The van der Waals surface area contributed by atoms with Gasteiger partial charge in [0, 0.05) is 37.9 Å². The number of rotatable bonds is 5. The summed E-state index contributed by atoms with van der Waals surface area (Å²) in [5.74, 6) is 1.57. The summed E-state index contributed by atoms with van der Waals surface area (Å²) in [7, 11) is 1.91. The molecule has 0 bridgehead atoms. The minimum atomic E-state index is 0.654. The maximum Gasteiger partial charge on any atom is 0.147 e. The highest BCUT2D eigenvalue weighted by Gasteiger charge is 2.22. The van der Waals surface area contributed by atoms with Gasteiger partial charge in [0.15, 0.2) is 0 Å². The van der Waals surface area contributed by atoms with Crippen LogP contribution in [0.3, 0.4) is 0 Å². The maximum atomic E-state index is 4.49. The average Bonchev–Trinajstić information content (AvgIpc) is 3.01. The second-order valence-corrected chi connectivity index (χ2v) is 6.25. The Kier molecular flexibility index (Phi) is 4.77. The van der Waals surface area contributed by atoms with E-state index in [1.54, 1.807) is 23.7 Å². The van der Waals surface area contributed by atoms with E-state index in [1.165, 1.54) is 25.1 Å². The van der Waals surface area contributed by atoms with Gasteiger partial charge in [-0.1, -0.05) is 0 Å². The van der Waals surface area contributed by atoms with Crippen LogP contribution < -0.4 is 5.32 Å². The number of nitrogens with zero attached hydrogens (tertiary/aromatic N) is 4. The molecule has 0 spiro atoms. The second kappa shape index (κ2) is 6.95. The zero-order valence-electron chi connectivity index (χ0n) is 12.3. The summed E-state index contributed by atoms with van der Waals surface area (Å²) in [6.45, 7) is 3.27. The van der Waals surface area contributed by atoms with E-state index in [-0.39, 0.29) is 0 Å². The van der Waals surface area contributed by atoms with Crippen molar-refractivity contribution in [2.24, 2.45) is 5.92 Å². The molecule has 3 heterocycles. The highest BCUT2D eigenvalue weighted by atomic mass is 32.1. The Bertz CT molecular complexity index is 557. The van der Waals surface area contributed by atoms with Crippen LogP contribution in [0.15, 0.2) is 23.3 Å². The third-order valence-corrected chi connectivity index (χ3v) is 4.60. The van der Waals surface area contributed by atoms with E-state index >= 15 is 0 Å². The van der Waals surface area contributed by atoms with E-state index in [1.807, 2.05) is 12.6 Å². The molecule has 3 rings (SSSR count). The number of hydrogen-bond donors (Lipinski definition) is 1. The summed E-state index contributed by atoms with van der Waals surface area (Å²) in [4.78, 5) is 15.7. The maximum absolute atomic E-state index is 4.49. The van der Waals surface area contributed by atoms with Crippen molar-refractivity contribution in [3.8, 4) is 0 Å². The molecule has 1 atom stereocenters. The zero-order chi connectivity index (χ0) is 14.5. The SMILES string of the molecule is CNc1nccnc1C[C@H]1CCCN(Cc2cscn2)C1. The number of aromatic nitrogens is 3. The smallest absolute Gasteiger partial charge is 0.147 e. The number of piperidine rings is 1. The van der Waals surface area contributed by atoms with Crippen LogP contribution in [0.4, 0.5) is 5.82 Å². The molecular weight excluding hydrogens is 282 g/mol. The Morgan fingerprint density at radius 3 is 3.05 bits per heavy atom. The molecule has 6 heteroatoms. The van der Waals surface area contributed by atoms with Crippen molar-refractivity contribution in [3.63, 3.8) is 0 Å². The van der Waals surface area contributed by atoms with Crippen molar-refractivity contribution in [3.05, 3.63) is 34.7 Å². The Morgan fingerprint density at radius 2 is 2.24 bits per heavy atom. The fourth-order valence-electron chi connectivity index (χ4n) is 3.00. The van der Waals surface area contributed by atoms with Gasteiger partial charge >= 0.3 is 0 Å². The van der Waals surface area contributed by atoms with Crippen molar-refractivity contribution in [2.45, 2.75) is 25.8 Å². The molecule has 2 aromatic rings. The zero-order valence-corrected chi connectivity index (χ0v) is 13.1. The fourth-order valence-corrected chi connectivity index (χ4v) is 3.55. The van der Waals surface area contributed by atoms with E-state index in [4.69, 9.17) is 0 Å². The standard InChI is InChI=1S/C15H21N5S/c1-16-15-14(17-4-5-18-15)7-12-3-2-6-20(8-12)9-13-10-21-11-19-13/h4-5,10-12H,2-3,6-9H2,1H3,(H,16,18)/t12-/m1/s1. The van der Waals surface area contributed by atoms with Crippen LogP contribution in [0, 0.1) is 5.92 Å². The molecule has 0 unspecified atom stereocenters. The van der Waals surface area contributed by atoms with Gasteiger partial charge in [0.25, 0.3) is 0 Å². The molecule has 1 fully saturated rings. The first-order valence-corrected chi connectivity index (χ1v) is 8.36. The van der Waals surface area contributed by atoms with Gasteiger partial charge in [0.05, 0.1) is 16.9 Å². The lowest BCUT2D eigenvalue weighted by Crippen LogP contribution is -2.36. The summed E-state index contributed by atoms with van der Waals surface area (Å²) in [5.41, 5.74) is 4.19. The Hall–Kier alpha value is -1.53. The minimum absolute atomic E-state index is 0.654. The van der Waals surface area contributed by atoms with Crippen molar-refractivity contribution >= 4 is 17.2 Å². The first kappa shape index (κ1) is 14.4. The first-order chi connectivity index (χ1) is 10.3. The molecule has 0 aromatic carbocycles. The van der Waals surface area contributed by atoms with Crippen LogP contribution in [0.5, 0.6) is 0 Å². The summed E-state index contributed by atoms with van der Waals surface area (Å²) in [6, 6.07) is 0. The Labute approximate surface area is 129 Å². The predicted molar refractivity (Wildman–Crippen MR) is 85.4 cm³/mol. The number of hydrogen-bond acceptors (Lipinski definition) is 6. The highest BCUT2D eigenvalue weighted by Crippen LogP contribution is 2.23. The average molecular weight is 303 g/mol. The van der Waals surface area contributed by atoms with Gasteiger partial charge in [-0.25, -0.2) is 9.97 Å². The lowest BCUT2D eigenvalue weighted by molar-refractivity contribution is 0.165. The van der Waals surface area contributed by atoms with Gasteiger partial charge in [0.2, 0.25) is 0 Å².